The summed E-state index contributed by atoms with van der Waals surface area (Å²) in [6.07, 6.45) is 0.736. The lowest BCUT2D eigenvalue weighted by molar-refractivity contribution is 0.233. The van der Waals surface area contributed by atoms with Crippen LogP contribution in [0.25, 0.3) is 0 Å². The topological polar surface area (TPSA) is 57.6 Å². The van der Waals surface area contributed by atoms with E-state index in [2.05, 4.69) is 22.6 Å². The molecule has 1 N–H and O–H groups in total. The van der Waals surface area contributed by atoms with Crippen LogP contribution in [0.4, 0.5) is 0 Å². The second-order valence-corrected chi connectivity index (χ2v) is 7.34. The molecule has 0 spiro atoms. The third-order valence-electron chi connectivity index (χ3n) is 2.96. The molecule has 1 aliphatic rings. The standard InChI is InChI=1S/C11H14INO3S/c12-10-1-3-11(4-2-10)17(15,16)13-6-5-9(7-13)8-14/h1-4,9,14H,5-8H2. The van der Waals surface area contributed by atoms with Crippen molar-refractivity contribution < 1.29 is 13.5 Å². The van der Waals surface area contributed by atoms with Gasteiger partial charge < -0.3 is 5.11 Å². The number of aliphatic hydroxyl groups is 1. The molecule has 0 aromatic heterocycles. The van der Waals surface area contributed by atoms with Crippen LogP contribution in [0.1, 0.15) is 6.42 Å². The normalized spacial score (nSPS) is 21.9. The average Bonchev–Trinajstić information content (AvgIpc) is 2.78. The molecule has 1 saturated heterocycles. The lowest BCUT2D eigenvalue weighted by Gasteiger charge is -2.16. The maximum absolute atomic E-state index is 12.2. The Morgan fingerprint density at radius 3 is 2.53 bits per heavy atom. The average molecular weight is 367 g/mol. The van der Waals surface area contributed by atoms with Gasteiger partial charge in [0.25, 0.3) is 0 Å². The Morgan fingerprint density at radius 2 is 2.00 bits per heavy atom. The molecule has 0 aliphatic carbocycles. The summed E-state index contributed by atoms with van der Waals surface area (Å²) in [6, 6.07) is 6.83. The van der Waals surface area contributed by atoms with Crippen LogP contribution in [-0.2, 0) is 10.0 Å². The quantitative estimate of drug-likeness (QED) is 0.820. The van der Waals surface area contributed by atoms with Crippen LogP contribution in [0.3, 0.4) is 0 Å². The highest BCUT2D eigenvalue weighted by atomic mass is 127. The summed E-state index contributed by atoms with van der Waals surface area (Å²) in [5.41, 5.74) is 0. The molecule has 1 aromatic carbocycles. The van der Waals surface area contributed by atoms with Crippen LogP contribution >= 0.6 is 22.6 Å². The number of sulfonamides is 1. The van der Waals surface area contributed by atoms with Gasteiger partial charge in [-0.1, -0.05) is 0 Å². The molecule has 0 radical (unpaired) electrons. The Balaban J connectivity index is 2.22. The fraction of sp³-hybridized carbons (Fsp3) is 0.455. The number of aliphatic hydroxyl groups excluding tert-OH is 1. The monoisotopic (exact) mass is 367 g/mol. The first-order valence-electron chi connectivity index (χ1n) is 5.40. The highest BCUT2D eigenvalue weighted by molar-refractivity contribution is 14.1. The molecule has 1 heterocycles. The van der Waals surface area contributed by atoms with E-state index in [1.54, 1.807) is 24.3 Å². The first-order chi connectivity index (χ1) is 8.04. The fourth-order valence-electron chi connectivity index (χ4n) is 1.92. The minimum Gasteiger partial charge on any atom is -0.396 e. The Hall–Kier alpha value is -0.180. The second kappa shape index (κ2) is 5.21. The van der Waals surface area contributed by atoms with E-state index in [4.69, 9.17) is 5.11 Å². The van der Waals surface area contributed by atoms with E-state index >= 15 is 0 Å². The maximum Gasteiger partial charge on any atom is 0.243 e. The molecule has 17 heavy (non-hydrogen) atoms. The van der Waals surface area contributed by atoms with Crippen molar-refractivity contribution in [1.29, 1.82) is 0 Å². The van der Waals surface area contributed by atoms with E-state index in [-0.39, 0.29) is 12.5 Å². The van der Waals surface area contributed by atoms with Gasteiger partial charge in [-0.3, -0.25) is 0 Å². The van der Waals surface area contributed by atoms with E-state index < -0.39 is 10.0 Å². The molecule has 0 bridgehead atoms. The van der Waals surface area contributed by atoms with Crippen molar-refractivity contribution in [3.05, 3.63) is 27.8 Å². The molecule has 4 nitrogen and oxygen atoms in total. The summed E-state index contributed by atoms with van der Waals surface area (Å²) in [7, 11) is -3.38. The van der Waals surface area contributed by atoms with Crippen molar-refractivity contribution in [3.8, 4) is 0 Å². The van der Waals surface area contributed by atoms with Gasteiger partial charge >= 0.3 is 0 Å². The summed E-state index contributed by atoms with van der Waals surface area (Å²) in [5.74, 6) is 0.0774. The van der Waals surface area contributed by atoms with Crippen LogP contribution in [-0.4, -0.2) is 37.5 Å². The van der Waals surface area contributed by atoms with Crippen molar-refractivity contribution in [3.63, 3.8) is 0 Å². The molecular formula is C11H14INO3S. The maximum atomic E-state index is 12.2. The minimum atomic E-state index is -3.38. The third kappa shape index (κ3) is 2.81. The molecule has 0 saturated carbocycles. The highest BCUT2D eigenvalue weighted by Crippen LogP contribution is 2.24. The van der Waals surface area contributed by atoms with Gasteiger partial charge in [-0.15, -0.1) is 0 Å². The summed E-state index contributed by atoms with van der Waals surface area (Å²) in [6.45, 7) is 0.975. The molecule has 6 heteroatoms. The summed E-state index contributed by atoms with van der Waals surface area (Å²) < 4.78 is 27.0. The SMILES string of the molecule is O=S(=O)(c1ccc(I)cc1)N1CCC(CO)C1. The van der Waals surface area contributed by atoms with Gasteiger partial charge in [-0.2, -0.15) is 4.31 Å². The van der Waals surface area contributed by atoms with Gasteiger partial charge in [-0.05, 0) is 59.2 Å². The number of hydrogen-bond donors (Lipinski definition) is 1. The number of benzene rings is 1. The molecule has 2 rings (SSSR count). The largest absolute Gasteiger partial charge is 0.396 e. The van der Waals surface area contributed by atoms with Gasteiger partial charge in [0.1, 0.15) is 0 Å². The molecular weight excluding hydrogens is 353 g/mol. The predicted molar refractivity (Wildman–Crippen MR) is 73.1 cm³/mol. The van der Waals surface area contributed by atoms with Gasteiger partial charge in [0, 0.05) is 23.3 Å². The fourth-order valence-corrected chi connectivity index (χ4v) is 3.81. The Bertz CT molecular complexity index is 486. The van der Waals surface area contributed by atoms with Crippen molar-refractivity contribution in [2.45, 2.75) is 11.3 Å². The lowest BCUT2D eigenvalue weighted by Crippen LogP contribution is -2.29. The van der Waals surface area contributed by atoms with Crippen LogP contribution in [0.5, 0.6) is 0 Å². The zero-order valence-electron chi connectivity index (χ0n) is 9.21. The molecule has 1 unspecified atom stereocenters. The summed E-state index contributed by atoms with van der Waals surface area (Å²) >= 11 is 2.14. The summed E-state index contributed by atoms with van der Waals surface area (Å²) in [5, 5.41) is 9.03. The van der Waals surface area contributed by atoms with E-state index in [1.165, 1.54) is 4.31 Å². The Labute approximate surface area is 115 Å². The second-order valence-electron chi connectivity index (χ2n) is 4.15. The molecule has 94 valence electrons. The smallest absolute Gasteiger partial charge is 0.243 e. The van der Waals surface area contributed by atoms with Crippen molar-refractivity contribution in [2.75, 3.05) is 19.7 Å². The van der Waals surface area contributed by atoms with Crippen LogP contribution < -0.4 is 0 Å². The Morgan fingerprint density at radius 1 is 1.35 bits per heavy atom. The number of halogens is 1. The zero-order chi connectivity index (χ0) is 12.5. The minimum absolute atomic E-state index is 0.0543. The van der Waals surface area contributed by atoms with Gasteiger partial charge in [0.05, 0.1) is 4.90 Å². The van der Waals surface area contributed by atoms with Crippen molar-refractivity contribution in [2.24, 2.45) is 5.92 Å². The third-order valence-corrected chi connectivity index (χ3v) is 5.56. The van der Waals surface area contributed by atoms with Crippen molar-refractivity contribution >= 4 is 32.6 Å². The van der Waals surface area contributed by atoms with Crippen LogP contribution in [0.15, 0.2) is 29.2 Å². The van der Waals surface area contributed by atoms with Gasteiger partial charge in [0.15, 0.2) is 0 Å². The number of nitrogens with zero attached hydrogens (tertiary/aromatic N) is 1. The lowest BCUT2D eigenvalue weighted by atomic mass is 10.1. The van der Waals surface area contributed by atoms with Crippen molar-refractivity contribution in [1.82, 2.24) is 4.31 Å². The predicted octanol–water partition coefficient (Wildman–Crippen LogP) is 1.29. The summed E-state index contributed by atoms with van der Waals surface area (Å²) in [4.78, 5) is 0.330. The molecule has 1 aromatic rings. The van der Waals surface area contributed by atoms with E-state index in [0.717, 1.165) is 9.99 Å². The van der Waals surface area contributed by atoms with Crippen LogP contribution in [0.2, 0.25) is 0 Å². The molecule has 0 amide bonds. The first-order valence-corrected chi connectivity index (χ1v) is 7.92. The molecule has 1 fully saturated rings. The van der Waals surface area contributed by atoms with E-state index in [9.17, 15) is 8.42 Å². The number of rotatable bonds is 3. The van der Waals surface area contributed by atoms with Gasteiger partial charge in [0.2, 0.25) is 10.0 Å². The van der Waals surface area contributed by atoms with Crippen LogP contribution in [0, 0.1) is 9.49 Å². The molecule has 1 aliphatic heterocycles. The van der Waals surface area contributed by atoms with E-state index in [1.807, 2.05) is 0 Å². The highest BCUT2D eigenvalue weighted by Gasteiger charge is 2.31. The van der Waals surface area contributed by atoms with Gasteiger partial charge in [-0.25, -0.2) is 8.42 Å². The van der Waals surface area contributed by atoms with E-state index in [0.29, 0.717) is 18.0 Å². The zero-order valence-corrected chi connectivity index (χ0v) is 12.2. The number of hydrogen-bond acceptors (Lipinski definition) is 3. The molecule has 1 atom stereocenters. The Kier molecular flexibility index (Phi) is 4.06. The first kappa shape index (κ1) is 13.3.